The van der Waals surface area contributed by atoms with Crippen LogP contribution in [0.5, 0.6) is 0 Å². The Morgan fingerprint density at radius 1 is 1.17 bits per heavy atom. The summed E-state index contributed by atoms with van der Waals surface area (Å²) < 4.78 is 41.4. The van der Waals surface area contributed by atoms with Gasteiger partial charge in [0.25, 0.3) is 5.91 Å². The Labute approximate surface area is 178 Å². The van der Waals surface area contributed by atoms with E-state index in [9.17, 15) is 18.0 Å². The molecule has 1 aromatic carbocycles. The number of nitrogens with zero attached hydrogens (tertiary/aromatic N) is 1. The number of halogens is 3. The van der Waals surface area contributed by atoms with E-state index in [1.165, 1.54) is 11.3 Å². The number of nitrogens with one attached hydrogen (secondary N) is 1. The predicted molar refractivity (Wildman–Crippen MR) is 115 cm³/mol. The smallest absolute Gasteiger partial charge is 0.397 e. The first-order chi connectivity index (χ1) is 14.3. The van der Waals surface area contributed by atoms with Crippen molar-refractivity contribution in [1.82, 2.24) is 10.3 Å². The minimum absolute atomic E-state index is 0.0223. The maximum atomic E-state index is 13.8. The lowest BCUT2D eigenvalue weighted by Gasteiger charge is -2.14. The molecule has 0 spiro atoms. The number of hydrogen-bond donors (Lipinski definition) is 2. The van der Waals surface area contributed by atoms with Gasteiger partial charge in [-0.3, -0.25) is 4.79 Å². The molecule has 0 bridgehead atoms. The van der Waals surface area contributed by atoms with Crippen molar-refractivity contribution in [2.24, 2.45) is 0 Å². The van der Waals surface area contributed by atoms with Gasteiger partial charge in [-0.05, 0) is 30.0 Å². The van der Waals surface area contributed by atoms with Crippen LogP contribution in [-0.2, 0) is 6.18 Å². The van der Waals surface area contributed by atoms with Crippen LogP contribution in [-0.4, -0.2) is 10.9 Å². The number of nitrogens with two attached hydrogens (primary N) is 1. The van der Waals surface area contributed by atoms with Gasteiger partial charge in [-0.2, -0.15) is 13.2 Å². The summed E-state index contributed by atoms with van der Waals surface area (Å²) in [6.07, 6.45) is -4.63. The maximum Gasteiger partial charge on any atom is 0.417 e. The second-order valence-corrected chi connectivity index (χ2v) is 8.61. The summed E-state index contributed by atoms with van der Waals surface area (Å²) in [5, 5.41) is 4.33. The molecule has 3 aromatic heterocycles. The van der Waals surface area contributed by atoms with Crippen molar-refractivity contribution in [3.63, 3.8) is 0 Å². The average molecular weight is 448 g/mol. The largest absolute Gasteiger partial charge is 0.417 e. The van der Waals surface area contributed by atoms with E-state index in [4.69, 9.17) is 5.73 Å². The molecule has 0 radical (unpaired) electrons. The first-order valence-corrected chi connectivity index (χ1v) is 10.6. The molecular weight excluding hydrogens is 431 g/mol. The zero-order valence-corrected chi connectivity index (χ0v) is 17.3. The summed E-state index contributed by atoms with van der Waals surface area (Å²) >= 11 is 2.16. The second kappa shape index (κ2) is 7.73. The minimum Gasteiger partial charge on any atom is -0.397 e. The molecule has 9 heteroatoms. The van der Waals surface area contributed by atoms with Gasteiger partial charge in [-0.15, -0.1) is 22.7 Å². The molecule has 3 N–H and O–H groups in total. The van der Waals surface area contributed by atoms with Gasteiger partial charge in [0.15, 0.2) is 0 Å². The number of pyridine rings is 1. The molecule has 4 aromatic rings. The highest BCUT2D eigenvalue weighted by atomic mass is 32.1. The van der Waals surface area contributed by atoms with Crippen molar-refractivity contribution < 1.29 is 18.0 Å². The number of thiophene rings is 2. The molecule has 0 aliphatic heterocycles. The molecule has 1 amide bonds. The van der Waals surface area contributed by atoms with Gasteiger partial charge in [0.2, 0.25) is 0 Å². The third-order valence-corrected chi connectivity index (χ3v) is 6.62. The summed E-state index contributed by atoms with van der Waals surface area (Å²) in [6, 6.07) is 13.4. The summed E-state index contributed by atoms with van der Waals surface area (Å²) in [5.74, 6) is -0.530. The Morgan fingerprint density at radius 2 is 1.90 bits per heavy atom. The zero-order chi connectivity index (χ0) is 21.5. The van der Waals surface area contributed by atoms with Gasteiger partial charge in [-0.1, -0.05) is 36.4 Å². The standard InChI is InChI=1S/C21H16F3N3OS2/c1-11(12-6-3-2-4-7-12)26-19(28)18-17(25)16-13(21(22,23)24)10-14(27-20(16)30-18)15-8-5-9-29-15/h2-11H,25H2,1H3,(H,26,28). The molecule has 154 valence electrons. The molecule has 0 aliphatic rings. The monoisotopic (exact) mass is 447 g/mol. The number of aromatic nitrogens is 1. The Kier molecular flexibility index (Phi) is 5.25. The van der Waals surface area contributed by atoms with Crippen molar-refractivity contribution >= 4 is 44.5 Å². The Hall–Kier alpha value is -2.91. The molecule has 4 nitrogen and oxygen atoms in total. The molecule has 3 heterocycles. The third kappa shape index (κ3) is 3.78. The minimum atomic E-state index is -4.63. The van der Waals surface area contributed by atoms with E-state index >= 15 is 0 Å². The lowest BCUT2D eigenvalue weighted by atomic mass is 10.1. The third-order valence-electron chi connectivity index (χ3n) is 4.63. The summed E-state index contributed by atoms with van der Waals surface area (Å²) in [5.41, 5.74) is 6.02. The summed E-state index contributed by atoms with van der Waals surface area (Å²) in [6.45, 7) is 1.80. The van der Waals surface area contributed by atoms with E-state index in [1.54, 1.807) is 24.4 Å². The van der Waals surface area contributed by atoms with Crippen molar-refractivity contribution in [2.45, 2.75) is 19.1 Å². The van der Waals surface area contributed by atoms with Gasteiger partial charge in [-0.25, -0.2) is 4.98 Å². The lowest BCUT2D eigenvalue weighted by Crippen LogP contribution is -2.26. The maximum absolute atomic E-state index is 13.8. The normalized spacial score (nSPS) is 12.8. The topological polar surface area (TPSA) is 68.0 Å². The molecule has 0 saturated heterocycles. The molecule has 4 rings (SSSR count). The van der Waals surface area contributed by atoms with Crippen LogP contribution in [0.1, 0.15) is 33.8 Å². The number of anilines is 1. The first-order valence-electron chi connectivity index (χ1n) is 8.95. The van der Waals surface area contributed by atoms with Crippen LogP contribution in [0.4, 0.5) is 18.9 Å². The number of fused-ring (bicyclic) bond motifs is 1. The number of nitrogen functional groups attached to an aromatic ring is 1. The predicted octanol–water partition coefficient (Wildman–Crippen LogP) is 6.12. The molecule has 30 heavy (non-hydrogen) atoms. The highest BCUT2D eigenvalue weighted by Gasteiger charge is 2.36. The van der Waals surface area contributed by atoms with E-state index in [2.05, 4.69) is 10.3 Å². The van der Waals surface area contributed by atoms with Crippen LogP contribution in [0.2, 0.25) is 0 Å². The average Bonchev–Trinajstić information content (AvgIpc) is 3.36. The number of alkyl halides is 3. The van der Waals surface area contributed by atoms with Gasteiger partial charge in [0.05, 0.1) is 27.9 Å². The van der Waals surface area contributed by atoms with Gasteiger partial charge in [0, 0.05) is 5.39 Å². The summed E-state index contributed by atoms with van der Waals surface area (Å²) in [7, 11) is 0. The number of benzene rings is 1. The first kappa shape index (κ1) is 20.4. The highest BCUT2D eigenvalue weighted by Crippen LogP contribution is 2.44. The molecular formula is C21H16F3N3OS2. The fraction of sp³-hybridized carbons (Fsp3) is 0.143. The quantitative estimate of drug-likeness (QED) is 0.396. The Balaban J connectivity index is 1.78. The van der Waals surface area contributed by atoms with Crippen LogP contribution >= 0.6 is 22.7 Å². The van der Waals surface area contributed by atoms with Gasteiger partial charge < -0.3 is 11.1 Å². The number of carbonyl (C=O) groups is 1. The van der Waals surface area contributed by atoms with E-state index < -0.39 is 17.6 Å². The fourth-order valence-corrected chi connectivity index (χ4v) is 4.86. The zero-order valence-electron chi connectivity index (χ0n) is 15.7. The number of hydrogen-bond acceptors (Lipinski definition) is 5. The van der Waals surface area contributed by atoms with Crippen molar-refractivity contribution in [2.75, 3.05) is 5.73 Å². The number of rotatable bonds is 4. The molecule has 0 aliphatic carbocycles. The molecule has 0 saturated carbocycles. The highest BCUT2D eigenvalue weighted by molar-refractivity contribution is 7.21. The van der Waals surface area contributed by atoms with Crippen LogP contribution in [0, 0.1) is 0 Å². The van der Waals surface area contributed by atoms with E-state index in [1.807, 2.05) is 30.3 Å². The van der Waals surface area contributed by atoms with Gasteiger partial charge in [0.1, 0.15) is 9.71 Å². The van der Waals surface area contributed by atoms with Crippen molar-refractivity contribution in [3.8, 4) is 10.6 Å². The molecule has 0 fully saturated rings. The fourth-order valence-electron chi connectivity index (χ4n) is 3.15. The van der Waals surface area contributed by atoms with Crippen LogP contribution in [0.25, 0.3) is 20.8 Å². The van der Waals surface area contributed by atoms with Crippen molar-refractivity contribution in [3.05, 3.63) is 69.9 Å². The van der Waals surface area contributed by atoms with Crippen LogP contribution in [0.3, 0.4) is 0 Å². The van der Waals surface area contributed by atoms with Gasteiger partial charge >= 0.3 is 6.18 Å². The van der Waals surface area contributed by atoms with Crippen molar-refractivity contribution in [1.29, 1.82) is 0 Å². The number of amides is 1. The molecule has 1 atom stereocenters. The number of carbonyl (C=O) groups excluding carboxylic acids is 1. The van der Waals surface area contributed by atoms with Crippen LogP contribution < -0.4 is 11.1 Å². The van der Waals surface area contributed by atoms with E-state index in [0.29, 0.717) is 4.88 Å². The Bertz CT molecular complexity index is 1200. The Morgan fingerprint density at radius 3 is 2.53 bits per heavy atom. The SMILES string of the molecule is CC(NC(=O)c1sc2nc(-c3cccs3)cc(C(F)(F)F)c2c1N)c1ccccc1. The second-order valence-electron chi connectivity index (χ2n) is 6.66. The van der Waals surface area contributed by atoms with Crippen LogP contribution in [0.15, 0.2) is 53.9 Å². The van der Waals surface area contributed by atoms with E-state index in [-0.39, 0.29) is 32.5 Å². The summed E-state index contributed by atoms with van der Waals surface area (Å²) in [4.78, 5) is 17.9. The van der Waals surface area contributed by atoms with E-state index in [0.717, 1.165) is 23.0 Å². The lowest BCUT2D eigenvalue weighted by molar-refractivity contribution is -0.136. The molecule has 1 unspecified atom stereocenters.